The summed E-state index contributed by atoms with van der Waals surface area (Å²) in [6.45, 7) is 3.88. The summed E-state index contributed by atoms with van der Waals surface area (Å²) in [5.74, 6) is 0.0845. The van der Waals surface area contributed by atoms with Crippen molar-refractivity contribution in [3.63, 3.8) is 0 Å². The van der Waals surface area contributed by atoms with Gasteiger partial charge in [0.25, 0.3) is 5.56 Å². The van der Waals surface area contributed by atoms with Crippen LogP contribution in [-0.4, -0.2) is 33.9 Å². The highest BCUT2D eigenvalue weighted by Gasteiger charge is 2.28. The van der Waals surface area contributed by atoms with Gasteiger partial charge in [-0.3, -0.25) is 14.4 Å². The zero-order valence-electron chi connectivity index (χ0n) is 17.7. The molecule has 4 rings (SSSR count). The molecule has 8 heteroatoms. The average Bonchev–Trinajstić information content (AvgIpc) is 3.50. The molecule has 7 nitrogen and oxygen atoms in total. The summed E-state index contributed by atoms with van der Waals surface area (Å²) < 4.78 is 0. The number of nitrogens with zero attached hydrogens (tertiary/aromatic N) is 1. The van der Waals surface area contributed by atoms with Crippen molar-refractivity contribution < 1.29 is 9.59 Å². The van der Waals surface area contributed by atoms with Crippen molar-refractivity contribution in [2.45, 2.75) is 58.0 Å². The monoisotopic (exact) mass is 438 g/mol. The Labute approximate surface area is 184 Å². The van der Waals surface area contributed by atoms with Crippen molar-refractivity contribution in [2.75, 3.05) is 0 Å². The maximum absolute atomic E-state index is 12.6. The average molecular weight is 439 g/mol. The second-order valence-corrected chi connectivity index (χ2v) is 9.27. The summed E-state index contributed by atoms with van der Waals surface area (Å²) in [4.78, 5) is 46.8. The van der Waals surface area contributed by atoms with Crippen molar-refractivity contribution in [3.8, 4) is 0 Å². The van der Waals surface area contributed by atoms with Crippen molar-refractivity contribution in [1.29, 1.82) is 0 Å². The number of benzene rings is 1. The molecule has 0 aliphatic heterocycles. The van der Waals surface area contributed by atoms with Gasteiger partial charge in [0.2, 0.25) is 11.8 Å². The third-order valence-electron chi connectivity index (χ3n) is 5.54. The number of aromatic nitrogens is 2. The maximum Gasteiger partial charge on any atom is 0.259 e. The molecule has 1 aliphatic carbocycles. The molecule has 1 atom stereocenters. The minimum Gasteiger partial charge on any atom is -0.352 e. The lowest BCUT2D eigenvalue weighted by Gasteiger charge is -2.18. The van der Waals surface area contributed by atoms with Crippen LogP contribution < -0.4 is 16.2 Å². The second-order valence-electron chi connectivity index (χ2n) is 8.07. The van der Waals surface area contributed by atoms with E-state index >= 15 is 0 Å². The number of amides is 2. The van der Waals surface area contributed by atoms with Crippen LogP contribution in [0, 0.1) is 13.8 Å². The largest absolute Gasteiger partial charge is 0.352 e. The number of carbonyl (C=O) groups excluding carboxylic acids is 2. The van der Waals surface area contributed by atoms with E-state index in [-0.39, 0.29) is 29.8 Å². The number of carbonyl (C=O) groups is 2. The number of rotatable bonds is 8. The zero-order chi connectivity index (χ0) is 22.0. The Kier molecular flexibility index (Phi) is 6.18. The first-order chi connectivity index (χ1) is 14.9. The highest BCUT2D eigenvalue weighted by atomic mass is 32.1. The Bertz CT molecular complexity index is 1160. The van der Waals surface area contributed by atoms with E-state index in [9.17, 15) is 14.4 Å². The predicted octanol–water partition coefficient (Wildman–Crippen LogP) is 2.54. The lowest BCUT2D eigenvalue weighted by atomic mass is 10.0. The Hall–Kier alpha value is -3.00. The summed E-state index contributed by atoms with van der Waals surface area (Å²) in [6.07, 6.45) is 2.84. The molecule has 31 heavy (non-hydrogen) atoms. The molecule has 1 saturated carbocycles. The zero-order valence-corrected chi connectivity index (χ0v) is 18.5. The lowest BCUT2D eigenvalue weighted by molar-refractivity contribution is -0.129. The number of fused-ring (bicyclic) bond motifs is 1. The Morgan fingerprint density at radius 2 is 1.97 bits per heavy atom. The standard InChI is InChI=1S/C23H26N4O3S/c1-13-14(2)31-23-20(13)22(30)26-18(27-23)10-11-19(28)25-17(21(29)24-16-8-9-16)12-15-6-4-3-5-7-15/h3-7,16-17H,8-12H2,1-2H3,(H,24,29)(H,25,28)(H,26,27,30). The van der Waals surface area contributed by atoms with Gasteiger partial charge in [-0.15, -0.1) is 11.3 Å². The summed E-state index contributed by atoms with van der Waals surface area (Å²) in [5.41, 5.74) is 1.76. The summed E-state index contributed by atoms with van der Waals surface area (Å²) in [5, 5.41) is 6.46. The van der Waals surface area contributed by atoms with Gasteiger partial charge >= 0.3 is 0 Å². The van der Waals surface area contributed by atoms with Gasteiger partial charge in [0.15, 0.2) is 0 Å². The van der Waals surface area contributed by atoms with E-state index in [0.717, 1.165) is 28.8 Å². The van der Waals surface area contributed by atoms with Crippen LogP contribution in [0.3, 0.4) is 0 Å². The van der Waals surface area contributed by atoms with Gasteiger partial charge in [0.1, 0.15) is 16.7 Å². The van der Waals surface area contributed by atoms with Crippen LogP contribution in [0.1, 0.15) is 41.1 Å². The number of aryl methyl sites for hydroxylation is 3. The van der Waals surface area contributed by atoms with Crippen LogP contribution in [0.4, 0.5) is 0 Å². The van der Waals surface area contributed by atoms with Crippen LogP contribution in [0.25, 0.3) is 10.2 Å². The first-order valence-electron chi connectivity index (χ1n) is 10.5. The summed E-state index contributed by atoms with van der Waals surface area (Å²) in [7, 11) is 0. The number of H-pyrrole nitrogens is 1. The molecule has 3 aromatic rings. The molecule has 1 aliphatic rings. The summed E-state index contributed by atoms with van der Waals surface area (Å²) in [6, 6.07) is 9.23. The van der Waals surface area contributed by atoms with E-state index in [2.05, 4.69) is 20.6 Å². The molecule has 2 aromatic heterocycles. The van der Waals surface area contributed by atoms with E-state index in [1.165, 1.54) is 11.3 Å². The van der Waals surface area contributed by atoms with E-state index in [1.54, 1.807) is 0 Å². The second kappa shape index (κ2) is 9.01. The minimum absolute atomic E-state index is 0.139. The number of thiophene rings is 1. The molecular weight excluding hydrogens is 412 g/mol. The molecule has 3 N–H and O–H groups in total. The molecule has 2 amide bonds. The van der Waals surface area contributed by atoms with Crippen molar-refractivity contribution in [1.82, 2.24) is 20.6 Å². The number of hydrogen-bond acceptors (Lipinski definition) is 5. The van der Waals surface area contributed by atoms with Gasteiger partial charge in [0, 0.05) is 30.2 Å². The highest BCUT2D eigenvalue weighted by molar-refractivity contribution is 7.18. The fraction of sp³-hybridized carbons (Fsp3) is 0.391. The van der Waals surface area contributed by atoms with Crippen molar-refractivity contribution >= 4 is 33.4 Å². The quantitative estimate of drug-likeness (QED) is 0.503. The van der Waals surface area contributed by atoms with Gasteiger partial charge in [-0.1, -0.05) is 30.3 Å². The van der Waals surface area contributed by atoms with Gasteiger partial charge in [-0.25, -0.2) is 4.98 Å². The van der Waals surface area contributed by atoms with Crippen molar-refractivity contribution in [3.05, 3.63) is 62.5 Å². The smallest absolute Gasteiger partial charge is 0.259 e. The topological polar surface area (TPSA) is 104 Å². The Morgan fingerprint density at radius 1 is 1.23 bits per heavy atom. The van der Waals surface area contributed by atoms with E-state index in [0.29, 0.717) is 28.9 Å². The molecule has 162 valence electrons. The molecule has 1 fully saturated rings. The molecule has 0 radical (unpaired) electrons. The SMILES string of the molecule is Cc1sc2nc(CCC(=O)NC(Cc3ccccc3)C(=O)NC3CC3)[nH]c(=O)c2c1C. The molecular formula is C23H26N4O3S. The van der Waals surface area contributed by atoms with Gasteiger partial charge in [-0.2, -0.15) is 0 Å². The van der Waals surface area contributed by atoms with E-state index < -0.39 is 6.04 Å². The first kappa shape index (κ1) is 21.2. The normalized spacial score (nSPS) is 14.4. The minimum atomic E-state index is -0.632. The molecule has 2 heterocycles. The van der Waals surface area contributed by atoms with E-state index in [4.69, 9.17) is 0 Å². The highest BCUT2D eigenvalue weighted by Crippen LogP contribution is 2.25. The third kappa shape index (κ3) is 5.19. The fourth-order valence-electron chi connectivity index (χ4n) is 3.50. The van der Waals surface area contributed by atoms with E-state index in [1.807, 2.05) is 44.2 Å². The predicted molar refractivity (Wildman–Crippen MR) is 121 cm³/mol. The maximum atomic E-state index is 12.6. The molecule has 0 saturated heterocycles. The first-order valence-corrected chi connectivity index (χ1v) is 11.3. The lowest BCUT2D eigenvalue weighted by Crippen LogP contribution is -2.48. The number of nitrogens with one attached hydrogen (secondary N) is 3. The molecule has 0 spiro atoms. The Morgan fingerprint density at radius 3 is 2.68 bits per heavy atom. The molecule has 0 bridgehead atoms. The molecule has 1 unspecified atom stereocenters. The summed E-state index contributed by atoms with van der Waals surface area (Å²) >= 11 is 1.48. The van der Waals surface area contributed by atoms with Crippen LogP contribution in [-0.2, 0) is 22.4 Å². The van der Waals surface area contributed by atoms with Gasteiger partial charge < -0.3 is 15.6 Å². The van der Waals surface area contributed by atoms with Crippen LogP contribution in [0.15, 0.2) is 35.1 Å². The van der Waals surface area contributed by atoms with Crippen LogP contribution in [0.5, 0.6) is 0 Å². The fourth-order valence-corrected chi connectivity index (χ4v) is 4.55. The third-order valence-corrected chi connectivity index (χ3v) is 6.64. The van der Waals surface area contributed by atoms with Gasteiger partial charge in [-0.05, 0) is 37.8 Å². The Balaban J connectivity index is 1.41. The van der Waals surface area contributed by atoms with Crippen molar-refractivity contribution in [2.24, 2.45) is 0 Å². The number of aromatic amines is 1. The molecule has 1 aromatic carbocycles. The van der Waals surface area contributed by atoms with Crippen LogP contribution >= 0.6 is 11.3 Å². The van der Waals surface area contributed by atoms with Crippen LogP contribution in [0.2, 0.25) is 0 Å². The number of hydrogen-bond donors (Lipinski definition) is 3. The van der Waals surface area contributed by atoms with Gasteiger partial charge in [0.05, 0.1) is 5.39 Å².